The van der Waals surface area contributed by atoms with Crippen LogP contribution in [-0.2, 0) is 4.79 Å². The highest BCUT2D eigenvalue weighted by atomic mass is 19.4. The Morgan fingerprint density at radius 1 is 1.22 bits per heavy atom. The Labute approximate surface area is 101 Å². The number of halogens is 3. The average molecular weight is 260 g/mol. The molecule has 0 spiro atoms. The molecule has 98 valence electrons. The predicted molar refractivity (Wildman–Crippen MR) is 59.1 cm³/mol. The van der Waals surface area contributed by atoms with Gasteiger partial charge in [-0.3, -0.25) is 9.59 Å². The lowest BCUT2D eigenvalue weighted by molar-refractivity contribution is -0.167. The van der Waals surface area contributed by atoms with E-state index in [1.807, 2.05) is 0 Å². The van der Waals surface area contributed by atoms with Crippen molar-refractivity contribution < 1.29 is 22.8 Å². The largest absolute Gasteiger partial charge is 0.471 e. The highest BCUT2D eigenvalue weighted by Crippen LogP contribution is 2.19. The molecule has 0 aliphatic carbocycles. The standard InChI is InChI=1S/C11H11F3N2O2/c1-16(2)9(17)7-4-3-5-8(6-7)15-10(18)11(12,13)14/h3-6H,1-2H3,(H,15,18). The molecule has 0 saturated heterocycles. The summed E-state index contributed by atoms with van der Waals surface area (Å²) in [7, 11) is 3.03. The molecule has 4 nitrogen and oxygen atoms in total. The number of nitrogens with one attached hydrogen (secondary N) is 1. The third-order valence-corrected chi connectivity index (χ3v) is 2.03. The van der Waals surface area contributed by atoms with Crippen molar-refractivity contribution in [2.75, 3.05) is 19.4 Å². The van der Waals surface area contributed by atoms with Crippen molar-refractivity contribution in [3.63, 3.8) is 0 Å². The second-order valence-electron chi connectivity index (χ2n) is 3.73. The smallest absolute Gasteiger partial charge is 0.345 e. The monoisotopic (exact) mass is 260 g/mol. The highest BCUT2D eigenvalue weighted by molar-refractivity contribution is 5.98. The number of carbonyl (C=O) groups excluding carboxylic acids is 2. The summed E-state index contributed by atoms with van der Waals surface area (Å²) in [6.07, 6.45) is -4.96. The zero-order valence-corrected chi connectivity index (χ0v) is 9.71. The maximum atomic E-state index is 12.0. The van der Waals surface area contributed by atoms with E-state index in [0.717, 1.165) is 0 Å². The van der Waals surface area contributed by atoms with Crippen LogP contribution in [0.4, 0.5) is 18.9 Å². The summed E-state index contributed by atoms with van der Waals surface area (Å²) in [5.41, 5.74) is 0.116. The van der Waals surface area contributed by atoms with Gasteiger partial charge in [-0.2, -0.15) is 13.2 Å². The van der Waals surface area contributed by atoms with E-state index in [1.165, 1.54) is 43.3 Å². The normalized spacial score (nSPS) is 10.9. The van der Waals surface area contributed by atoms with Crippen LogP contribution in [0.5, 0.6) is 0 Å². The van der Waals surface area contributed by atoms with E-state index in [1.54, 1.807) is 5.32 Å². The third-order valence-electron chi connectivity index (χ3n) is 2.03. The fraction of sp³-hybridized carbons (Fsp3) is 0.273. The van der Waals surface area contributed by atoms with Gasteiger partial charge in [0, 0.05) is 25.3 Å². The first-order valence-electron chi connectivity index (χ1n) is 4.91. The van der Waals surface area contributed by atoms with Gasteiger partial charge in [-0.1, -0.05) is 6.07 Å². The summed E-state index contributed by atoms with van der Waals surface area (Å²) >= 11 is 0. The first-order chi connectivity index (χ1) is 8.21. The molecule has 18 heavy (non-hydrogen) atoms. The SMILES string of the molecule is CN(C)C(=O)c1cccc(NC(=O)C(F)(F)F)c1. The average Bonchev–Trinajstić information content (AvgIpc) is 2.27. The Hall–Kier alpha value is -2.05. The van der Waals surface area contributed by atoms with E-state index in [0.29, 0.717) is 0 Å². The van der Waals surface area contributed by atoms with Gasteiger partial charge in [0.05, 0.1) is 0 Å². The van der Waals surface area contributed by atoms with E-state index in [9.17, 15) is 22.8 Å². The predicted octanol–water partition coefficient (Wildman–Crippen LogP) is 1.89. The molecular weight excluding hydrogens is 249 g/mol. The molecule has 1 aromatic rings. The number of rotatable bonds is 2. The lowest BCUT2D eigenvalue weighted by atomic mass is 10.2. The van der Waals surface area contributed by atoms with Crippen molar-refractivity contribution in [2.45, 2.75) is 6.18 Å². The van der Waals surface area contributed by atoms with Crippen LogP contribution in [0, 0.1) is 0 Å². The van der Waals surface area contributed by atoms with Crippen LogP contribution in [0.3, 0.4) is 0 Å². The Bertz CT molecular complexity index is 470. The fourth-order valence-corrected chi connectivity index (χ4v) is 1.19. The van der Waals surface area contributed by atoms with Gasteiger partial charge in [0.25, 0.3) is 5.91 Å². The van der Waals surface area contributed by atoms with Crippen molar-refractivity contribution in [2.24, 2.45) is 0 Å². The Morgan fingerprint density at radius 3 is 2.33 bits per heavy atom. The minimum Gasteiger partial charge on any atom is -0.345 e. The zero-order chi connectivity index (χ0) is 13.9. The summed E-state index contributed by atoms with van der Waals surface area (Å²) in [6.45, 7) is 0. The molecule has 7 heteroatoms. The van der Waals surface area contributed by atoms with Crippen LogP contribution in [-0.4, -0.2) is 37.0 Å². The van der Waals surface area contributed by atoms with Crippen molar-refractivity contribution in [1.29, 1.82) is 0 Å². The molecule has 2 amide bonds. The maximum absolute atomic E-state index is 12.0. The summed E-state index contributed by atoms with van der Waals surface area (Å²) in [6, 6.07) is 5.30. The molecule has 0 bridgehead atoms. The molecule has 0 aliphatic rings. The zero-order valence-electron chi connectivity index (χ0n) is 9.71. The van der Waals surface area contributed by atoms with E-state index in [-0.39, 0.29) is 17.2 Å². The quantitative estimate of drug-likeness (QED) is 0.882. The van der Waals surface area contributed by atoms with Crippen LogP contribution < -0.4 is 5.32 Å². The van der Waals surface area contributed by atoms with Gasteiger partial charge in [0.15, 0.2) is 0 Å². The van der Waals surface area contributed by atoms with Crippen molar-refractivity contribution in [3.05, 3.63) is 29.8 Å². The highest BCUT2D eigenvalue weighted by Gasteiger charge is 2.38. The Balaban J connectivity index is 2.90. The lowest BCUT2D eigenvalue weighted by Crippen LogP contribution is -2.30. The van der Waals surface area contributed by atoms with Gasteiger partial charge in [-0.25, -0.2) is 0 Å². The first-order valence-corrected chi connectivity index (χ1v) is 4.91. The molecule has 1 rings (SSSR count). The topological polar surface area (TPSA) is 49.4 Å². The minimum atomic E-state index is -4.96. The number of anilines is 1. The van der Waals surface area contributed by atoms with Gasteiger partial charge in [-0.15, -0.1) is 0 Å². The molecule has 0 radical (unpaired) electrons. The molecule has 0 unspecified atom stereocenters. The third kappa shape index (κ3) is 3.47. The molecule has 0 saturated carbocycles. The van der Waals surface area contributed by atoms with Gasteiger partial charge in [0.2, 0.25) is 0 Å². The Morgan fingerprint density at radius 2 is 1.83 bits per heavy atom. The van der Waals surface area contributed by atoms with Crippen LogP contribution >= 0.6 is 0 Å². The van der Waals surface area contributed by atoms with Crippen LogP contribution in [0.2, 0.25) is 0 Å². The number of amides is 2. The van der Waals surface area contributed by atoms with E-state index in [4.69, 9.17) is 0 Å². The molecule has 0 atom stereocenters. The molecule has 1 N–H and O–H groups in total. The second kappa shape index (κ2) is 5.07. The maximum Gasteiger partial charge on any atom is 0.471 e. The number of benzene rings is 1. The first kappa shape index (κ1) is 14.0. The number of hydrogen-bond acceptors (Lipinski definition) is 2. The summed E-state index contributed by atoms with van der Waals surface area (Å²) in [4.78, 5) is 23.6. The number of hydrogen-bond donors (Lipinski definition) is 1. The van der Waals surface area contributed by atoms with Crippen molar-refractivity contribution >= 4 is 17.5 Å². The van der Waals surface area contributed by atoms with E-state index < -0.39 is 12.1 Å². The van der Waals surface area contributed by atoms with Gasteiger partial charge < -0.3 is 10.2 Å². The fourth-order valence-electron chi connectivity index (χ4n) is 1.19. The Kier molecular flexibility index (Phi) is 3.95. The molecule has 1 aromatic carbocycles. The van der Waals surface area contributed by atoms with Crippen LogP contribution in [0.15, 0.2) is 24.3 Å². The summed E-state index contributed by atoms with van der Waals surface area (Å²) < 4.78 is 36.1. The van der Waals surface area contributed by atoms with Crippen LogP contribution in [0.25, 0.3) is 0 Å². The van der Waals surface area contributed by atoms with Gasteiger partial charge >= 0.3 is 12.1 Å². The number of nitrogens with zero attached hydrogens (tertiary/aromatic N) is 1. The lowest BCUT2D eigenvalue weighted by Gasteiger charge is -2.12. The van der Waals surface area contributed by atoms with Crippen molar-refractivity contribution in [1.82, 2.24) is 4.90 Å². The molecule has 0 aromatic heterocycles. The molecule has 0 aliphatic heterocycles. The molecule has 0 heterocycles. The van der Waals surface area contributed by atoms with Crippen LogP contribution in [0.1, 0.15) is 10.4 Å². The van der Waals surface area contributed by atoms with E-state index >= 15 is 0 Å². The second-order valence-corrected chi connectivity index (χ2v) is 3.73. The summed E-state index contributed by atoms with van der Waals surface area (Å²) in [5, 5.41) is 1.68. The number of alkyl halides is 3. The van der Waals surface area contributed by atoms with Crippen molar-refractivity contribution in [3.8, 4) is 0 Å². The summed E-state index contributed by atoms with van der Waals surface area (Å²) in [5.74, 6) is -2.44. The van der Waals surface area contributed by atoms with Gasteiger partial charge in [-0.05, 0) is 18.2 Å². The minimum absolute atomic E-state index is 0.0787. The molecule has 0 fully saturated rings. The van der Waals surface area contributed by atoms with E-state index in [2.05, 4.69) is 0 Å². The molecular formula is C11H11F3N2O2. The van der Waals surface area contributed by atoms with Gasteiger partial charge in [0.1, 0.15) is 0 Å². The number of carbonyl (C=O) groups is 2.